The van der Waals surface area contributed by atoms with Crippen LogP contribution in [0, 0.1) is 28.6 Å². The minimum atomic E-state index is -1.92. The van der Waals surface area contributed by atoms with E-state index in [1.54, 1.807) is 6.08 Å². The number of rotatable bonds is 2. The van der Waals surface area contributed by atoms with E-state index in [0.717, 1.165) is 18.4 Å². The van der Waals surface area contributed by atoms with Gasteiger partial charge < -0.3 is 20.4 Å². The van der Waals surface area contributed by atoms with Gasteiger partial charge in [0.05, 0.1) is 12.2 Å². The van der Waals surface area contributed by atoms with Crippen LogP contribution in [0.2, 0.25) is 0 Å². The highest BCUT2D eigenvalue weighted by atomic mass is 16.4. The first-order valence-corrected chi connectivity index (χ1v) is 10.1. The summed E-state index contributed by atoms with van der Waals surface area (Å²) in [5.74, 6) is -0.478. The highest BCUT2D eigenvalue weighted by Gasteiger charge is 2.70. The van der Waals surface area contributed by atoms with Gasteiger partial charge in [0.1, 0.15) is 6.61 Å². The molecule has 6 nitrogen and oxygen atoms in total. The van der Waals surface area contributed by atoms with Crippen LogP contribution in [0.25, 0.3) is 0 Å². The fraction of sp³-hybridized carbons (Fsp3) is 0.810. The molecule has 0 saturated heterocycles. The average Bonchev–Trinajstić information content (AvgIpc) is 2.83. The third-order valence-electron chi connectivity index (χ3n) is 8.86. The molecular formula is C21H30O6. The Hall–Kier alpha value is -1.08. The number of hydrogen-bond donors (Lipinski definition) is 4. The Kier molecular flexibility index (Phi) is 4.25. The van der Waals surface area contributed by atoms with Gasteiger partial charge in [-0.2, -0.15) is 0 Å². The van der Waals surface area contributed by atoms with E-state index in [9.17, 15) is 30.0 Å². The summed E-state index contributed by atoms with van der Waals surface area (Å²) in [5, 5.41) is 42.0. The molecule has 4 aliphatic carbocycles. The molecule has 4 aliphatic rings. The highest BCUT2D eigenvalue weighted by Crippen LogP contribution is 2.67. The van der Waals surface area contributed by atoms with Crippen molar-refractivity contribution in [2.45, 2.75) is 70.2 Å². The molecule has 0 aliphatic heterocycles. The number of hydrogen-bond acceptors (Lipinski definition) is 6. The van der Waals surface area contributed by atoms with Crippen molar-refractivity contribution in [1.29, 1.82) is 0 Å². The van der Waals surface area contributed by atoms with E-state index in [1.807, 2.05) is 13.8 Å². The maximum absolute atomic E-state index is 12.4. The summed E-state index contributed by atoms with van der Waals surface area (Å²) < 4.78 is 0. The zero-order chi connectivity index (χ0) is 19.8. The van der Waals surface area contributed by atoms with Gasteiger partial charge in [-0.15, -0.1) is 0 Å². The van der Waals surface area contributed by atoms with Crippen molar-refractivity contribution in [1.82, 2.24) is 0 Å². The van der Waals surface area contributed by atoms with Gasteiger partial charge in [0, 0.05) is 17.3 Å². The monoisotopic (exact) mass is 378 g/mol. The molecule has 0 radical (unpaired) electrons. The molecule has 0 aromatic heterocycles. The Morgan fingerprint density at radius 1 is 1.19 bits per heavy atom. The van der Waals surface area contributed by atoms with Gasteiger partial charge in [0.2, 0.25) is 0 Å². The number of fused-ring (bicyclic) bond motifs is 5. The lowest BCUT2D eigenvalue weighted by Crippen LogP contribution is -2.62. The Labute approximate surface area is 159 Å². The van der Waals surface area contributed by atoms with Crippen LogP contribution in [0.15, 0.2) is 11.6 Å². The summed E-state index contributed by atoms with van der Waals surface area (Å²) in [6.07, 6.45) is 3.07. The lowest BCUT2D eigenvalue weighted by Gasteiger charge is -2.59. The van der Waals surface area contributed by atoms with Crippen LogP contribution in [0.3, 0.4) is 0 Å². The zero-order valence-electron chi connectivity index (χ0n) is 16.0. The molecule has 3 saturated carbocycles. The summed E-state index contributed by atoms with van der Waals surface area (Å²) >= 11 is 0. The molecule has 0 spiro atoms. The predicted molar refractivity (Wildman–Crippen MR) is 96.5 cm³/mol. The van der Waals surface area contributed by atoms with Crippen LogP contribution in [-0.4, -0.2) is 56.4 Å². The van der Waals surface area contributed by atoms with Crippen LogP contribution in [0.4, 0.5) is 0 Å². The van der Waals surface area contributed by atoms with E-state index in [0.29, 0.717) is 19.3 Å². The number of aliphatic hydroxyl groups excluding tert-OH is 3. The van der Waals surface area contributed by atoms with E-state index < -0.39 is 41.0 Å². The van der Waals surface area contributed by atoms with Crippen molar-refractivity contribution in [2.75, 3.05) is 6.61 Å². The maximum Gasteiger partial charge on any atom is 0.192 e. The normalized spacial score (nSPS) is 51.9. The van der Waals surface area contributed by atoms with Crippen molar-refractivity contribution in [3.8, 4) is 0 Å². The Bertz CT molecular complexity index is 715. The van der Waals surface area contributed by atoms with Gasteiger partial charge in [-0.1, -0.05) is 19.4 Å². The number of carbonyl (C=O) groups excluding carboxylic acids is 2. The van der Waals surface area contributed by atoms with Crippen LogP contribution in [0.5, 0.6) is 0 Å². The van der Waals surface area contributed by atoms with Gasteiger partial charge in [-0.25, -0.2) is 0 Å². The van der Waals surface area contributed by atoms with Gasteiger partial charge in [0.25, 0.3) is 0 Å². The second kappa shape index (κ2) is 5.96. The molecule has 0 aromatic carbocycles. The second-order valence-electron chi connectivity index (χ2n) is 9.61. The van der Waals surface area contributed by atoms with Gasteiger partial charge >= 0.3 is 0 Å². The fourth-order valence-electron chi connectivity index (χ4n) is 7.25. The van der Waals surface area contributed by atoms with Gasteiger partial charge in [0.15, 0.2) is 17.2 Å². The van der Waals surface area contributed by atoms with Crippen molar-refractivity contribution in [2.24, 2.45) is 28.6 Å². The molecule has 0 amide bonds. The van der Waals surface area contributed by atoms with Gasteiger partial charge in [-0.3, -0.25) is 9.59 Å². The van der Waals surface area contributed by atoms with Crippen molar-refractivity contribution in [3.63, 3.8) is 0 Å². The standard InChI is InChI=1S/C21H30O6/c1-19-6-5-14-13(15(19)9-17(25)21(19,27)18(26)10-22)4-3-11-7-12(23)8-16(24)20(11,14)2/h7,13-17,22,24-25,27H,3-6,8-10H2,1-2H3/t13-,14+,15+,16?,17?,19+,20+,21+/m1/s1. The van der Waals surface area contributed by atoms with E-state index in [-0.39, 0.29) is 30.0 Å². The molecule has 0 aromatic rings. The Morgan fingerprint density at radius 2 is 1.89 bits per heavy atom. The summed E-state index contributed by atoms with van der Waals surface area (Å²) in [4.78, 5) is 24.3. The maximum atomic E-state index is 12.4. The summed E-state index contributed by atoms with van der Waals surface area (Å²) in [6.45, 7) is 3.13. The van der Waals surface area contributed by atoms with Crippen LogP contribution >= 0.6 is 0 Å². The van der Waals surface area contributed by atoms with Crippen molar-refractivity contribution in [3.05, 3.63) is 11.6 Å². The molecule has 150 valence electrons. The first-order valence-electron chi connectivity index (χ1n) is 10.1. The highest BCUT2D eigenvalue weighted by molar-refractivity contribution is 5.92. The van der Waals surface area contributed by atoms with Crippen molar-refractivity contribution < 1.29 is 30.0 Å². The molecule has 3 fully saturated rings. The molecule has 6 heteroatoms. The lowest BCUT2D eigenvalue weighted by atomic mass is 9.45. The van der Waals surface area contributed by atoms with E-state index >= 15 is 0 Å². The molecule has 8 atom stereocenters. The largest absolute Gasteiger partial charge is 0.392 e. The summed E-state index contributed by atoms with van der Waals surface area (Å²) in [7, 11) is 0. The number of carbonyl (C=O) groups is 2. The molecule has 0 heterocycles. The SMILES string of the molecule is C[C@]12CC[C@H]3[C@@H](CCC4=CC(=O)CC(O)[C@@]43C)[C@@H]1CC(O)[C@]2(O)C(=O)CO. The number of aliphatic hydroxyl groups is 4. The topological polar surface area (TPSA) is 115 Å². The number of Topliss-reactive ketones (excluding diaryl/α,β-unsaturated/α-hetero) is 1. The first-order chi connectivity index (χ1) is 12.6. The predicted octanol–water partition coefficient (Wildman–Crippen LogP) is 0.752. The average molecular weight is 378 g/mol. The van der Waals surface area contributed by atoms with Crippen LogP contribution < -0.4 is 0 Å². The minimum Gasteiger partial charge on any atom is -0.392 e. The molecule has 27 heavy (non-hydrogen) atoms. The summed E-state index contributed by atoms with van der Waals surface area (Å²) in [5.41, 5.74) is -2.16. The van der Waals surface area contributed by atoms with E-state index in [4.69, 9.17) is 0 Å². The smallest absolute Gasteiger partial charge is 0.192 e. The minimum absolute atomic E-state index is 0.0201. The van der Waals surface area contributed by atoms with Crippen molar-refractivity contribution >= 4 is 11.6 Å². The Balaban J connectivity index is 1.74. The third-order valence-corrected chi connectivity index (χ3v) is 8.86. The quantitative estimate of drug-likeness (QED) is 0.564. The van der Waals surface area contributed by atoms with Gasteiger partial charge in [-0.05, 0) is 55.9 Å². The first kappa shape index (κ1) is 19.2. The van der Waals surface area contributed by atoms with Crippen LogP contribution in [-0.2, 0) is 9.59 Å². The Morgan fingerprint density at radius 3 is 2.56 bits per heavy atom. The number of ketones is 2. The van der Waals surface area contributed by atoms with Crippen LogP contribution in [0.1, 0.15) is 52.4 Å². The molecule has 0 bridgehead atoms. The molecule has 2 unspecified atom stereocenters. The molecule has 4 N–H and O–H groups in total. The fourth-order valence-corrected chi connectivity index (χ4v) is 7.25. The van der Waals surface area contributed by atoms with E-state index in [2.05, 4.69) is 0 Å². The summed E-state index contributed by atoms with van der Waals surface area (Å²) in [6, 6.07) is 0. The van der Waals surface area contributed by atoms with E-state index in [1.165, 1.54) is 0 Å². The molecule has 4 rings (SSSR count). The molecular weight excluding hydrogens is 348 g/mol. The lowest BCUT2D eigenvalue weighted by molar-refractivity contribution is -0.180. The third kappa shape index (κ3) is 2.21. The zero-order valence-corrected chi connectivity index (χ0v) is 16.0. The second-order valence-corrected chi connectivity index (χ2v) is 9.61.